The third-order valence-corrected chi connectivity index (χ3v) is 2.36. The zero-order valence-electron chi connectivity index (χ0n) is 10.4. The minimum atomic E-state index is 0.519. The second kappa shape index (κ2) is 5.46. The molecular weight excluding hydrogens is 232 g/mol. The summed E-state index contributed by atoms with van der Waals surface area (Å²) in [6.07, 6.45) is 0.742. The van der Waals surface area contributed by atoms with Crippen LogP contribution in [0.5, 0.6) is 0 Å². The highest BCUT2D eigenvalue weighted by atomic mass is 16.5. The maximum absolute atomic E-state index is 5.36. The van der Waals surface area contributed by atoms with Gasteiger partial charge in [0.2, 0.25) is 0 Å². The smallest absolute Gasteiger partial charge is 0.156 e. The number of hydrogen-bond acceptors (Lipinski definition) is 7. The van der Waals surface area contributed by atoms with E-state index in [1.807, 2.05) is 19.9 Å². The Morgan fingerprint density at radius 1 is 1.28 bits per heavy atom. The van der Waals surface area contributed by atoms with Crippen LogP contribution >= 0.6 is 0 Å². The van der Waals surface area contributed by atoms with Crippen LogP contribution in [0.3, 0.4) is 0 Å². The minimum Gasteiger partial charge on any atom is -0.363 e. The van der Waals surface area contributed by atoms with E-state index < -0.39 is 0 Å². The van der Waals surface area contributed by atoms with E-state index in [1.54, 1.807) is 6.07 Å². The number of nitrogens with zero attached hydrogens (tertiary/aromatic N) is 3. The van der Waals surface area contributed by atoms with Gasteiger partial charge in [-0.3, -0.25) is 0 Å². The molecule has 7 heteroatoms. The normalized spacial score (nSPS) is 10.4. The van der Waals surface area contributed by atoms with Crippen LogP contribution in [-0.2, 0) is 13.0 Å². The highest BCUT2D eigenvalue weighted by Gasteiger charge is 2.04. The van der Waals surface area contributed by atoms with Crippen LogP contribution in [0, 0.1) is 6.92 Å². The molecule has 0 aromatic carbocycles. The van der Waals surface area contributed by atoms with E-state index in [2.05, 4.69) is 25.9 Å². The Kier molecular flexibility index (Phi) is 3.73. The highest BCUT2D eigenvalue weighted by molar-refractivity contribution is 5.46. The summed E-state index contributed by atoms with van der Waals surface area (Å²) in [7, 11) is 0. The van der Waals surface area contributed by atoms with E-state index in [0.29, 0.717) is 18.2 Å². The number of aromatic nitrogens is 3. The molecule has 2 aromatic heterocycles. The van der Waals surface area contributed by atoms with Crippen molar-refractivity contribution in [2.45, 2.75) is 26.8 Å². The highest BCUT2D eigenvalue weighted by Crippen LogP contribution is 2.12. The number of nitrogens with one attached hydrogen (secondary N) is 2. The van der Waals surface area contributed by atoms with E-state index in [4.69, 9.17) is 10.4 Å². The van der Waals surface area contributed by atoms with Gasteiger partial charge in [0, 0.05) is 18.6 Å². The van der Waals surface area contributed by atoms with Gasteiger partial charge >= 0.3 is 0 Å². The third kappa shape index (κ3) is 2.95. The first-order chi connectivity index (χ1) is 8.71. The van der Waals surface area contributed by atoms with Crippen LogP contribution in [0.25, 0.3) is 0 Å². The Morgan fingerprint density at radius 3 is 2.67 bits per heavy atom. The summed E-state index contributed by atoms with van der Waals surface area (Å²) in [5, 5.41) is 6.96. The maximum atomic E-state index is 5.36. The Hall–Kier alpha value is -2.15. The number of rotatable bonds is 5. The van der Waals surface area contributed by atoms with Gasteiger partial charge in [-0.2, -0.15) is 0 Å². The number of anilines is 2. The summed E-state index contributed by atoms with van der Waals surface area (Å²) in [4.78, 5) is 8.55. The summed E-state index contributed by atoms with van der Waals surface area (Å²) >= 11 is 0. The zero-order valence-corrected chi connectivity index (χ0v) is 10.4. The SMILES string of the molecule is CCc1nc(NN)cc(NCc2cc(C)no2)n1. The van der Waals surface area contributed by atoms with Crippen molar-refractivity contribution in [2.75, 3.05) is 10.7 Å². The van der Waals surface area contributed by atoms with Gasteiger partial charge < -0.3 is 15.3 Å². The van der Waals surface area contributed by atoms with Gasteiger partial charge in [-0.25, -0.2) is 15.8 Å². The lowest BCUT2D eigenvalue weighted by Gasteiger charge is -2.07. The van der Waals surface area contributed by atoms with Crippen LogP contribution in [0.1, 0.15) is 24.2 Å². The summed E-state index contributed by atoms with van der Waals surface area (Å²) in [6.45, 7) is 4.38. The third-order valence-electron chi connectivity index (χ3n) is 2.36. The molecule has 0 saturated heterocycles. The van der Waals surface area contributed by atoms with Crippen molar-refractivity contribution in [3.05, 3.63) is 29.4 Å². The number of nitrogen functional groups attached to an aromatic ring is 1. The Bertz CT molecular complexity index is 502. The van der Waals surface area contributed by atoms with Crippen LogP contribution in [-0.4, -0.2) is 15.1 Å². The van der Waals surface area contributed by atoms with Crippen molar-refractivity contribution >= 4 is 11.6 Å². The molecular formula is C11H16N6O. The minimum absolute atomic E-state index is 0.519. The summed E-state index contributed by atoms with van der Waals surface area (Å²) < 4.78 is 5.10. The number of hydrazine groups is 1. The molecule has 0 aliphatic heterocycles. The molecule has 18 heavy (non-hydrogen) atoms. The lowest BCUT2D eigenvalue weighted by molar-refractivity contribution is 0.384. The molecule has 0 saturated carbocycles. The molecule has 0 atom stereocenters. The first-order valence-corrected chi connectivity index (χ1v) is 5.72. The average Bonchev–Trinajstić information content (AvgIpc) is 2.81. The molecule has 0 aliphatic carbocycles. The summed E-state index contributed by atoms with van der Waals surface area (Å²) in [6, 6.07) is 3.61. The number of nitrogens with two attached hydrogens (primary N) is 1. The molecule has 7 nitrogen and oxygen atoms in total. The van der Waals surface area contributed by atoms with Gasteiger partial charge in [-0.05, 0) is 6.92 Å². The van der Waals surface area contributed by atoms with Crippen molar-refractivity contribution in [1.82, 2.24) is 15.1 Å². The molecule has 0 amide bonds. The summed E-state index contributed by atoms with van der Waals surface area (Å²) in [5.74, 6) is 8.12. The van der Waals surface area contributed by atoms with Crippen LogP contribution < -0.4 is 16.6 Å². The van der Waals surface area contributed by atoms with Crippen molar-refractivity contribution in [3.63, 3.8) is 0 Å². The van der Waals surface area contributed by atoms with Crippen molar-refractivity contribution in [2.24, 2.45) is 5.84 Å². The molecule has 4 N–H and O–H groups in total. The van der Waals surface area contributed by atoms with E-state index in [1.165, 1.54) is 0 Å². The average molecular weight is 248 g/mol. The lowest BCUT2D eigenvalue weighted by atomic mass is 10.3. The van der Waals surface area contributed by atoms with Gasteiger partial charge in [-0.1, -0.05) is 12.1 Å². The standard InChI is InChI=1S/C11H16N6O/c1-3-9-14-10(5-11(15-9)16-12)13-6-8-4-7(2)17-18-8/h4-5H,3,6,12H2,1-2H3,(H2,13,14,15,16). The largest absolute Gasteiger partial charge is 0.363 e. The van der Waals surface area contributed by atoms with E-state index in [9.17, 15) is 0 Å². The molecule has 0 bridgehead atoms. The fourth-order valence-electron chi connectivity index (χ4n) is 1.50. The number of aryl methyl sites for hydroxylation is 2. The summed E-state index contributed by atoms with van der Waals surface area (Å²) in [5.41, 5.74) is 3.37. The zero-order chi connectivity index (χ0) is 13.0. The Balaban J connectivity index is 2.08. The van der Waals surface area contributed by atoms with Gasteiger partial charge in [0.15, 0.2) is 5.76 Å². The molecule has 0 spiro atoms. The van der Waals surface area contributed by atoms with Gasteiger partial charge in [0.05, 0.1) is 12.2 Å². The molecule has 2 rings (SSSR count). The first-order valence-electron chi connectivity index (χ1n) is 5.72. The lowest BCUT2D eigenvalue weighted by Crippen LogP contribution is -2.12. The molecule has 0 unspecified atom stereocenters. The molecule has 0 radical (unpaired) electrons. The number of hydrogen-bond donors (Lipinski definition) is 3. The van der Waals surface area contributed by atoms with Crippen LogP contribution in [0.4, 0.5) is 11.6 Å². The molecule has 2 aromatic rings. The van der Waals surface area contributed by atoms with Crippen LogP contribution in [0.2, 0.25) is 0 Å². The van der Waals surface area contributed by atoms with E-state index in [0.717, 1.165) is 23.7 Å². The van der Waals surface area contributed by atoms with Crippen LogP contribution in [0.15, 0.2) is 16.7 Å². The van der Waals surface area contributed by atoms with E-state index >= 15 is 0 Å². The maximum Gasteiger partial charge on any atom is 0.156 e. The molecule has 2 heterocycles. The first kappa shape index (κ1) is 12.3. The van der Waals surface area contributed by atoms with Crippen molar-refractivity contribution in [1.29, 1.82) is 0 Å². The quantitative estimate of drug-likeness (QED) is 0.540. The second-order valence-electron chi connectivity index (χ2n) is 3.84. The van der Waals surface area contributed by atoms with Gasteiger partial charge in [-0.15, -0.1) is 0 Å². The van der Waals surface area contributed by atoms with Gasteiger partial charge in [0.25, 0.3) is 0 Å². The molecule has 96 valence electrons. The monoisotopic (exact) mass is 248 g/mol. The Morgan fingerprint density at radius 2 is 2.06 bits per heavy atom. The Labute approximate surface area is 105 Å². The molecule has 0 aliphatic rings. The van der Waals surface area contributed by atoms with Gasteiger partial charge in [0.1, 0.15) is 17.5 Å². The fraction of sp³-hybridized carbons (Fsp3) is 0.364. The predicted octanol–water partition coefficient (Wildman–Crippen LogP) is 1.23. The van der Waals surface area contributed by atoms with Crippen molar-refractivity contribution in [3.8, 4) is 0 Å². The van der Waals surface area contributed by atoms with E-state index in [-0.39, 0.29) is 0 Å². The van der Waals surface area contributed by atoms with Crippen molar-refractivity contribution < 1.29 is 4.52 Å². The molecule has 0 fully saturated rings. The predicted molar refractivity (Wildman–Crippen MR) is 67.8 cm³/mol. The fourth-order valence-corrected chi connectivity index (χ4v) is 1.50. The topological polar surface area (TPSA) is 102 Å². The second-order valence-corrected chi connectivity index (χ2v) is 3.84.